The maximum Gasteiger partial charge on any atom is 0.157 e. The van der Waals surface area contributed by atoms with Gasteiger partial charge >= 0.3 is 0 Å². The Morgan fingerprint density at radius 3 is 2.92 bits per heavy atom. The number of pyridine rings is 1. The second kappa shape index (κ2) is 2.54. The van der Waals surface area contributed by atoms with Gasteiger partial charge in [0.05, 0.1) is 16.2 Å². The number of nitrogen functional groups attached to an aromatic ring is 1. The standard InChI is InChI=1S/C7H5Cl2N3/c8-4-1-5(9)7-11-2-6(10)12(7)3-4/h1-3H,10H2. The van der Waals surface area contributed by atoms with E-state index in [1.165, 1.54) is 6.20 Å². The summed E-state index contributed by atoms with van der Waals surface area (Å²) in [5, 5.41) is 1.04. The minimum absolute atomic E-state index is 0.499. The zero-order chi connectivity index (χ0) is 8.72. The maximum absolute atomic E-state index is 5.85. The zero-order valence-electron chi connectivity index (χ0n) is 5.96. The van der Waals surface area contributed by atoms with Gasteiger partial charge in [0.25, 0.3) is 0 Å². The van der Waals surface area contributed by atoms with Crippen LogP contribution in [0, 0.1) is 0 Å². The molecule has 2 aromatic rings. The highest BCUT2D eigenvalue weighted by Gasteiger charge is 2.04. The van der Waals surface area contributed by atoms with Crippen LogP contribution in [-0.4, -0.2) is 9.38 Å². The van der Waals surface area contributed by atoms with Crippen molar-refractivity contribution < 1.29 is 0 Å². The maximum atomic E-state index is 5.85. The smallest absolute Gasteiger partial charge is 0.157 e. The summed E-state index contributed by atoms with van der Waals surface area (Å²) in [6, 6.07) is 1.63. The molecule has 0 saturated heterocycles. The van der Waals surface area contributed by atoms with E-state index in [0.717, 1.165) is 0 Å². The second-order valence-corrected chi connectivity index (χ2v) is 3.23. The molecule has 2 N–H and O–H groups in total. The number of nitrogens with two attached hydrogens (primary N) is 1. The Balaban J connectivity index is 2.92. The molecule has 0 unspecified atom stereocenters. The molecule has 62 valence electrons. The highest BCUT2D eigenvalue weighted by molar-refractivity contribution is 6.36. The summed E-state index contributed by atoms with van der Waals surface area (Å²) in [6.07, 6.45) is 3.21. The molecule has 12 heavy (non-hydrogen) atoms. The Bertz CT molecular complexity index is 435. The predicted molar refractivity (Wildman–Crippen MR) is 49.6 cm³/mol. The third-order valence-electron chi connectivity index (χ3n) is 1.56. The molecule has 2 heterocycles. The first kappa shape index (κ1) is 7.71. The molecule has 5 heteroatoms. The van der Waals surface area contributed by atoms with Gasteiger partial charge < -0.3 is 5.73 Å². The van der Waals surface area contributed by atoms with Crippen molar-refractivity contribution >= 4 is 34.7 Å². The summed E-state index contributed by atoms with van der Waals surface area (Å²) < 4.78 is 1.64. The van der Waals surface area contributed by atoms with Gasteiger partial charge in [-0.3, -0.25) is 4.40 Å². The van der Waals surface area contributed by atoms with Crippen LogP contribution in [0.15, 0.2) is 18.5 Å². The summed E-state index contributed by atoms with van der Waals surface area (Å²) >= 11 is 11.6. The fourth-order valence-corrected chi connectivity index (χ4v) is 1.55. The highest BCUT2D eigenvalue weighted by Crippen LogP contribution is 2.22. The quantitative estimate of drug-likeness (QED) is 0.711. The van der Waals surface area contributed by atoms with Crippen LogP contribution in [0.4, 0.5) is 5.82 Å². The van der Waals surface area contributed by atoms with Gasteiger partial charge in [0, 0.05) is 6.20 Å². The van der Waals surface area contributed by atoms with E-state index in [0.29, 0.717) is 21.5 Å². The number of imidazole rings is 1. The van der Waals surface area contributed by atoms with Gasteiger partial charge in [0.1, 0.15) is 5.82 Å². The Morgan fingerprint density at radius 2 is 2.17 bits per heavy atom. The number of fused-ring (bicyclic) bond motifs is 1. The van der Waals surface area contributed by atoms with Crippen LogP contribution in [0.5, 0.6) is 0 Å². The van der Waals surface area contributed by atoms with Crippen molar-refractivity contribution in [1.29, 1.82) is 0 Å². The van der Waals surface area contributed by atoms with Crippen LogP contribution in [0.25, 0.3) is 5.65 Å². The number of halogens is 2. The van der Waals surface area contributed by atoms with E-state index in [4.69, 9.17) is 28.9 Å². The molecule has 0 aliphatic carbocycles. The Morgan fingerprint density at radius 1 is 1.42 bits per heavy atom. The normalized spacial score (nSPS) is 10.8. The number of hydrogen-bond acceptors (Lipinski definition) is 2. The minimum atomic E-state index is 0.499. The predicted octanol–water partition coefficient (Wildman–Crippen LogP) is 2.22. The summed E-state index contributed by atoms with van der Waals surface area (Å²) in [4.78, 5) is 4.01. The number of rotatable bonds is 0. The number of nitrogens with zero attached hydrogens (tertiary/aromatic N) is 2. The summed E-state index contributed by atoms with van der Waals surface area (Å²) in [5.74, 6) is 0.523. The van der Waals surface area contributed by atoms with E-state index in [-0.39, 0.29) is 0 Å². The number of anilines is 1. The topological polar surface area (TPSA) is 43.3 Å². The van der Waals surface area contributed by atoms with E-state index in [1.807, 2.05) is 0 Å². The van der Waals surface area contributed by atoms with Crippen LogP contribution < -0.4 is 5.73 Å². The lowest BCUT2D eigenvalue weighted by Gasteiger charge is -1.98. The first-order valence-electron chi connectivity index (χ1n) is 3.26. The third-order valence-corrected chi connectivity index (χ3v) is 2.04. The van der Waals surface area contributed by atoms with E-state index >= 15 is 0 Å². The van der Waals surface area contributed by atoms with Crippen molar-refractivity contribution in [3.8, 4) is 0 Å². The molecule has 0 aliphatic heterocycles. The molecule has 0 atom stereocenters. The van der Waals surface area contributed by atoms with Crippen molar-refractivity contribution in [2.45, 2.75) is 0 Å². The first-order chi connectivity index (χ1) is 5.68. The van der Waals surface area contributed by atoms with Crippen molar-refractivity contribution in [3.63, 3.8) is 0 Å². The molecular formula is C7H5Cl2N3. The summed E-state index contributed by atoms with van der Waals surface area (Å²) in [6.45, 7) is 0. The molecule has 3 nitrogen and oxygen atoms in total. The lowest BCUT2D eigenvalue weighted by Crippen LogP contribution is -1.92. The summed E-state index contributed by atoms with van der Waals surface area (Å²) in [7, 11) is 0. The minimum Gasteiger partial charge on any atom is -0.383 e. The molecule has 0 amide bonds. The van der Waals surface area contributed by atoms with E-state index in [1.54, 1.807) is 16.7 Å². The molecule has 0 saturated carbocycles. The molecule has 0 fully saturated rings. The fourth-order valence-electron chi connectivity index (χ4n) is 1.03. The van der Waals surface area contributed by atoms with Crippen LogP contribution in [0.3, 0.4) is 0 Å². The fraction of sp³-hybridized carbons (Fsp3) is 0. The van der Waals surface area contributed by atoms with Crippen molar-refractivity contribution in [1.82, 2.24) is 9.38 Å². The lowest BCUT2D eigenvalue weighted by molar-refractivity contribution is 1.20. The Labute approximate surface area is 78.7 Å². The Kier molecular flexibility index (Phi) is 1.63. The van der Waals surface area contributed by atoms with E-state index in [9.17, 15) is 0 Å². The average molecular weight is 202 g/mol. The van der Waals surface area contributed by atoms with Crippen LogP contribution in [0.2, 0.25) is 10.0 Å². The van der Waals surface area contributed by atoms with E-state index < -0.39 is 0 Å². The molecule has 2 rings (SSSR count). The average Bonchev–Trinajstić information content (AvgIpc) is 2.33. The van der Waals surface area contributed by atoms with Gasteiger partial charge in [-0.25, -0.2) is 4.98 Å². The van der Waals surface area contributed by atoms with Gasteiger partial charge in [-0.15, -0.1) is 0 Å². The van der Waals surface area contributed by atoms with Crippen molar-refractivity contribution in [2.75, 3.05) is 5.73 Å². The molecule has 0 aliphatic rings. The largest absolute Gasteiger partial charge is 0.383 e. The monoisotopic (exact) mass is 201 g/mol. The molecule has 2 aromatic heterocycles. The van der Waals surface area contributed by atoms with Crippen LogP contribution in [-0.2, 0) is 0 Å². The van der Waals surface area contributed by atoms with Gasteiger partial charge in [-0.05, 0) is 6.07 Å². The van der Waals surface area contributed by atoms with Crippen molar-refractivity contribution in [2.24, 2.45) is 0 Å². The highest BCUT2D eigenvalue weighted by atomic mass is 35.5. The van der Waals surface area contributed by atoms with Gasteiger partial charge in [-0.1, -0.05) is 23.2 Å². The third kappa shape index (κ3) is 1.02. The van der Waals surface area contributed by atoms with Gasteiger partial charge in [0.2, 0.25) is 0 Å². The number of aromatic nitrogens is 2. The van der Waals surface area contributed by atoms with Crippen LogP contribution in [0.1, 0.15) is 0 Å². The lowest BCUT2D eigenvalue weighted by atomic mass is 10.5. The zero-order valence-corrected chi connectivity index (χ0v) is 7.47. The molecule has 0 bridgehead atoms. The van der Waals surface area contributed by atoms with Gasteiger partial charge in [-0.2, -0.15) is 0 Å². The van der Waals surface area contributed by atoms with E-state index in [2.05, 4.69) is 4.98 Å². The van der Waals surface area contributed by atoms with Gasteiger partial charge in [0.15, 0.2) is 5.65 Å². The first-order valence-corrected chi connectivity index (χ1v) is 4.01. The Hall–Kier alpha value is -0.930. The molecule has 0 aromatic carbocycles. The molecule has 0 spiro atoms. The SMILES string of the molecule is Nc1cnc2c(Cl)cc(Cl)cn12. The number of hydrogen-bond donors (Lipinski definition) is 1. The second-order valence-electron chi connectivity index (χ2n) is 2.38. The molecule has 0 radical (unpaired) electrons. The summed E-state index contributed by atoms with van der Waals surface area (Å²) in [5.41, 5.74) is 6.22. The molecular weight excluding hydrogens is 197 g/mol. The van der Waals surface area contributed by atoms with Crippen LogP contribution >= 0.6 is 23.2 Å². The van der Waals surface area contributed by atoms with Crippen molar-refractivity contribution in [3.05, 3.63) is 28.5 Å².